The molecule has 3 fully saturated rings. The van der Waals surface area contributed by atoms with E-state index in [2.05, 4.69) is 4.90 Å². The number of likely N-dealkylation sites (tertiary alicyclic amines) is 1. The minimum atomic E-state index is -1.30. The number of carbonyl (C=O) groups excluding carboxylic acids is 3. The van der Waals surface area contributed by atoms with Crippen LogP contribution in [0.5, 0.6) is 0 Å². The van der Waals surface area contributed by atoms with Gasteiger partial charge in [0.05, 0.1) is 44.5 Å². The first-order valence-corrected chi connectivity index (χ1v) is 13.6. The zero-order chi connectivity index (χ0) is 26.2. The lowest BCUT2D eigenvalue weighted by molar-refractivity contribution is -0.156. The number of morpholine rings is 1. The summed E-state index contributed by atoms with van der Waals surface area (Å²) in [5, 5.41) is 10.4. The molecule has 0 aromatic carbocycles. The second kappa shape index (κ2) is 10.8. The SMILES string of the molecule is CC(C)C[C@H](CO)N1C(=O)[C@@H]2[C@@H]3C(=O)OCCC=C[C@@H]3O[C@@]23C=CCN(CCN2CCOCC2)C(=O)C13. The molecule has 0 aromatic heterocycles. The Morgan fingerprint density at radius 3 is 2.59 bits per heavy atom. The molecule has 5 heterocycles. The van der Waals surface area contributed by atoms with E-state index in [1.54, 1.807) is 4.90 Å². The molecule has 37 heavy (non-hydrogen) atoms. The average molecular weight is 518 g/mol. The fourth-order valence-electron chi connectivity index (χ4n) is 6.59. The Kier molecular flexibility index (Phi) is 7.72. The number of carbonyl (C=O) groups is 3. The Bertz CT molecular complexity index is 946. The Morgan fingerprint density at radius 1 is 1.08 bits per heavy atom. The molecular formula is C27H39N3O7. The van der Waals surface area contributed by atoms with Gasteiger partial charge in [-0.2, -0.15) is 0 Å². The third kappa shape index (κ3) is 4.73. The van der Waals surface area contributed by atoms with Gasteiger partial charge < -0.3 is 29.1 Å². The topological polar surface area (TPSA) is 109 Å². The average Bonchev–Trinajstić information content (AvgIpc) is 3.26. The molecule has 0 aromatic rings. The third-order valence-electron chi connectivity index (χ3n) is 8.28. The number of nitrogens with zero attached hydrogens (tertiary/aromatic N) is 3. The van der Waals surface area contributed by atoms with Crippen LogP contribution in [-0.2, 0) is 28.6 Å². The summed E-state index contributed by atoms with van der Waals surface area (Å²) in [5.74, 6) is -2.54. The zero-order valence-electron chi connectivity index (χ0n) is 21.8. The molecule has 0 bridgehead atoms. The lowest BCUT2D eigenvalue weighted by Crippen LogP contribution is -2.59. The van der Waals surface area contributed by atoms with Crippen LogP contribution in [0.15, 0.2) is 24.3 Å². The van der Waals surface area contributed by atoms with Gasteiger partial charge in [-0.15, -0.1) is 0 Å². The smallest absolute Gasteiger partial charge is 0.312 e. The van der Waals surface area contributed by atoms with Crippen LogP contribution in [0.25, 0.3) is 0 Å². The van der Waals surface area contributed by atoms with Gasteiger partial charge in [0, 0.05) is 32.7 Å². The third-order valence-corrected chi connectivity index (χ3v) is 8.28. The van der Waals surface area contributed by atoms with E-state index >= 15 is 0 Å². The number of fused-ring (bicyclic) bond motifs is 2. The fraction of sp³-hybridized carbons (Fsp3) is 0.741. The van der Waals surface area contributed by atoms with Crippen LogP contribution in [0, 0.1) is 17.8 Å². The van der Waals surface area contributed by atoms with Gasteiger partial charge in [0.1, 0.15) is 17.6 Å². The van der Waals surface area contributed by atoms with Gasteiger partial charge in [-0.25, -0.2) is 0 Å². The quantitative estimate of drug-likeness (QED) is 0.377. The highest BCUT2D eigenvalue weighted by atomic mass is 16.6. The second-order valence-electron chi connectivity index (χ2n) is 11.1. The van der Waals surface area contributed by atoms with Crippen molar-refractivity contribution < 1.29 is 33.7 Å². The zero-order valence-corrected chi connectivity index (χ0v) is 21.8. The summed E-state index contributed by atoms with van der Waals surface area (Å²) in [6, 6.07) is -1.52. The van der Waals surface area contributed by atoms with Crippen LogP contribution < -0.4 is 0 Å². The van der Waals surface area contributed by atoms with Crippen molar-refractivity contribution in [1.82, 2.24) is 14.7 Å². The standard InChI is InChI=1S/C27H39N3O7/c1-18(2)16-19(17-31)30-23-25(33)29(10-9-28-11-14-35-15-12-28)8-5-7-27(23)22(24(30)32)21-20(37-27)6-3-4-13-36-26(21)34/h3,5-7,18-23,31H,4,8-17H2,1-2H3/t19-,20+,21-,22+,23?,27+/m1/s1. The number of hydrogen-bond donors (Lipinski definition) is 1. The second-order valence-corrected chi connectivity index (χ2v) is 11.1. The molecule has 1 N–H and O–H groups in total. The monoisotopic (exact) mass is 517 g/mol. The Labute approximate surface area is 218 Å². The van der Waals surface area contributed by atoms with Crippen molar-refractivity contribution in [3.05, 3.63) is 24.3 Å². The van der Waals surface area contributed by atoms with Crippen LogP contribution in [0.2, 0.25) is 0 Å². The Morgan fingerprint density at radius 2 is 1.86 bits per heavy atom. The first-order chi connectivity index (χ1) is 17.9. The van der Waals surface area contributed by atoms with E-state index in [4.69, 9.17) is 14.2 Å². The van der Waals surface area contributed by atoms with Crippen molar-refractivity contribution in [1.29, 1.82) is 0 Å². The molecule has 0 saturated carbocycles. The first-order valence-electron chi connectivity index (χ1n) is 13.6. The molecule has 0 aliphatic carbocycles. The van der Waals surface area contributed by atoms with Crippen LogP contribution in [0.3, 0.4) is 0 Å². The van der Waals surface area contributed by atoms with Gasteiger partial charge in [0.25, 0.3) is 0 Å². The van der Waals surface area contributed by atoms with Crippen molar-refractivity contribution in [2.24, 2.45) is 17.8 Å². The molecule has 5 rings (SSSR count). The van der Waals surface area contributed by atoms with Crippen LogP contribution in [-0.4, -0.2) is 121 Å². The predicted molar refractivity (Wildman–Crippen MR) is 133 cm³/mol. The van der Waals surface area contributed by atoms with E-state index in [9.17, 15) is 19.5 Å². The molecule has 0 radical (unpaired) electrons. The summed E-state index contributed by atoms with van der Waals surface area (Å²) in [7, 11) is 0. The summed E-state index contributed by atoms with van der Waals surface area (Å²) in [6.45, 7) is 8.61. The molecule has 6 atom stereocenters. The molecule has 10 heteroatoms. The minimum absolute atomic E-state index is 0.193. The lowest BCUT2D eigenvalue weighted by atomic mass is 9.77. The minimum Gasteiger partial charge on any atom is -0.465 e. The first kappa shape index (κ1) is 26.3. The molecule has 204 valence electrons. The van der Waals surface area contributed by atoms with E-state index < -0.39 is 41.6 Å². The Hall–Kier alpha value is -2.27. The Balaban J connectivity index is 1.51. The highest BCUT2D eigenvalue weighted by Crippen LogP contribution is 2.53. The van der Waals surface area contributed by atoms with Crippen molar-refractivity contribution >= 4 is 17.8 Å². The summed E-state index contributed by atoms with van der Waals surface area (Å²) in [6.07, 6.45) is 7.93. The number of rotatable bonds is 7. The van der Waals surface area contributed by atoms with E-state index in [0.717, 1.165) is 13.1 Å². The van der Waals surface area contributed by atoms with Gasteiger partial charge in [-0.1, -0.05) is 38.2 Å². The molecular weight excluding hydrogens is 478 g/mol. The molecule has 5 aliphatic heterocycles. The number of hydrogen-bond acceptors (Lipinski definition) is 8. The lowest BCUT2D eigenvalue weighted by Gasteiger charge is -2.39. The number of amides is 2. The number of aliphatic hydroxyl groups is 1. The maximum absolute atomic E-state index is 14.3. The maximum Gasteiger partial charge on any atom is 0.312 e. The van der Waals surface area contributed by atoms with Gasteiger partial charge in [-0.05, 0) is 18.8 Å². The fourth-order valence-corrected chi connectivity index (χ4v) is 6.59. The van der Waals surface area contributed by atoms with E-state index in [-0.39, 0.29) is 30.9 Å². The van der Waals surface area contributed by atoms with Gasteiger partial charge in [-0.3, -0.25) is 19.3 Å². The normalized spacial score (nSPS) is 35.1. The van der Waals surface area contributed by atoms with Gasteiger partial charge in [0.15, 0.2) is 0 Å². The largest absolute Gasteiger partial charge is 0.465 e. The number of cyclic esters (lactones) is 1. The highest BCUT2D eigenvalue weighted by Gasteiger charge is 2.72. The predicted octanol–water partition coefficient (Wildman–Crippen LogP) is 0.208. The number of esters is 1. The van der Waals surface area contributed by atoms with Gasteiger partial charge >= 0.3 is 5.97 Å². The van der Waals surface area contributed by atoms with Crippen molar-refractivity contribution in [3.8, 4) is 0 Å². The summed E-state index contributed by atoms with van der Waals surface area (Å²) >= 11 is 0. The van der Waals surface area contributed by atoms with E-state index in [1.807, 2.05) is 38.2 Å². The van der Waals surface area contributed by atoms with Crippen molar-refractivity contribution in [3.63, 3.8) is 0 Å². The molecule has 2 amide bonds. The maximum atomic E-state index is 14.3. The number of aliphatic hydroxyl groups excluding tert-OH is 1. The van der Waals surface area contributed by atoms with E-state index in [1.165, 1.54) is 4.90 Å². The van der Waals surface area contributed by atoms with Crippen molar-refractivity contribution in [2.75, 3.05) is 59.2 Å². The highest BCUT2D eigenvalue weighted by molar-refractivity contribution is 5.99. The molecule has 3 saturated heterocycles. The van der Waals surface area contributed by atoms with Crippen LogP contribution in [0.4, 0.5) is 0 Å². The molecule has 1 spiro atoms. The summed E-state index contributed by atoms with van der Waals surface area (Å²) < 4.78 is 17.5. The van der Waals surface area contributed by atoms with Gasteiger partial charge in [0.2, 0.25) is 11.8 Å². The molecule has 1 unspecified atom stereocenters. The summed E-state index contributed by atoms with van der Waals surface area (Å²) in [5.41, 5.74) is -1.30. The summed E-state index contributed by atoms with van der Waals surface area (Å²) in [4.78, 5) is 47.2. The van der Waals surface area contributed by atoms with Crippen LogP contribution >= 0.6 is 0 Å². The van der Waals surface area contributed by atoms with E-state index in [0.29, 0.717) is 45.7 Å². The van der Waals surface area contributed by atoms with Crippen LogP contribution in [0.1, 0.15) is 26.7 Å². The number of ether oxygens (including phenoxy) is 3. The molecule has 5 aliphatic rings. The van der Waals surface area contributed by atoms with Crippen molar-refractivity contribution in [2.45, 2.75) is 50.5 Å². The molecule has 10 nitrogen and oxygen atoms in total.